The highest BCUT2D eigenvalue weighted by molar-refractivity contribution is 7.89. The molecule has 1 amide bonds. The Morgan fingerprint density at radius 3 is 2.25 bits per heavy atom. The Bertz CT molecular complexity index is 1210. The van der Waals surface area contributed by atoms with Crippen molar-refractivity contribution in [2.45, 2.75) is 32.2 Å². The van der Waals surface area contributed by atoms with Crippen molar-refractivity contribution in [2.24, 2.45) is 0 Å². The lowest BCUT2D eigenvalue weighted by Gasteiger charge is -2.18. The minimum Gasteiger partial charge on any atom is -0.348 e. The lowest BCUT2D eigenvalue weighted by molar-refractivity contribution is 0.0950. The molecule has 2 aromatic carbocycles. The van der Waals surface area contributed by atoms with Gasteiger partial charge in [0.25, 0.3) is 5.91 Å². The Balaban J connectivity index is 1.73. The zero-order valence-corrected chi connectivity index (χ0v) is 19.5. The van der Waals surface area contributed by atoms with E-state index < -0.39 is 15.9 Å². The van der Waals surface area contributed by atoms with Crippen LogP contribution in [-0.4, -0.2) is 41.5 Å². The van der Waals surface area contributed by atoms with Crippen LogP contribution >= 0.6 is 11.6 Å². The van der Waals surface area contributed by atoms with Gasteiger partial charge in [0.05, 0.1) is 21.8 Å². The van der Waals surface area contributed by atoms with Gasteiger partial charge in [-0.3, -0.25) is 4.79 Å². The minimum atomic E-state index is -3.54. The number of halogens is 2. The summed E-state index contributed by atoms with van der Waals surface area (Å²) in [5.41, 5.74) is 1.91. The zero-order chi connectivity index (χ0) is 23.5. The molecule has 0 aliphatic rings. The molecule has 1 N–H and O–H groups in total. The molecule has 0 atom stereocenters. The van der Waals surface area contributed by atoms with E-state index in [1.165, 1.54) is 45.4 Å². The first-order chi connectivity index (χ1) is 15.2. The number of nitrogens with one attached hydrogen (secondary N) is 1. The highest BCUT2D eigenvalue weighted by Gasteiger charge is 2.22. The van der Waals surface area contributed by atoms with Gasteiger partial charge in [0.1, 0.15) is 11.0 Å². The predicted octanol–water partition coefficient (Wildman–Crippen LogP) is 3.93. The van der Waals surface area contributed by atoms with Crippen LogP contribution in [-0.2, 0) is 16.6 Å². The molecule has 7 nitrogen and oxygen atoms in total. The van der Waals surface area contributed by atoms with Gasteiger partial charge < -0.3 is 5.32 Å². The Labute approximate surface area is 191 Å². The molecule has 0 bridgehead atoms. The predicted molar refractivity (Wildman–Crippen MR) is 121 cm³/mol. The summed E-state index contributed by atoms with van der Waals surface area (Å²) in [6.07, 6.45) is 0. The standard InChI is InChI=1S/C22H24ClFN4O3S/c1-4-27(5-2)32(30,31)19-12-6-16(7-13-19)14-25-22(29)20-15(3)26-28(21(20)23)18-10-8-17(24)9-11-18/h6-13H,4-5,14H2,1-3H3,(H,25,29). The second kappa shape index (κ2) is 9.81. The van der Waals surface area contributed by atoms with Gasteiger partial charge in [-0.05, 0) is 48.9 Å². The second-order valence-electron chi connectivity index (χ2n) is 7.06. The number of hydrogen-bond donors (Lipinski definition) is 1. The molecule has 0 spiro atoms. The third kappa shape index (κ3) is 4.85. The maximum atomic E-state index is 13.2. The lowest BCUT2D eigenvalue weighted by atomic mass is 10.2. The van der Waals surface area contributed by atoms with Gasteiger partial charge in [-0.2, -0.15) is 9.40 Å². The third-order valence-corrected chi connectivity index (χ3v) is 7.44. The van der Waals surface area contributed by atoms with Crippen molar-refractivity contribution in [3.8, 4) is 5.69 Å². The van der Waals surface area contributed by atoms with E-state index in [9.17, 15) is 17.6 Å². The molecule has 0 unspecified atom stereocenters. The van der Waals surface area contributed by atoms with E-state index in [1.54, 1.807) is 32.9 Å². The molecule has 0 saturated carbocycles. The highest BCUT2D eigenvalue weighted by atomic mass is 35.5. The first-order valence-corrected chi connectivity index (χ1v) is 11.9. The quantitative estimate of drug-likeness (QED) is 0.531. The first kappa shape index (κ1) is 23.9. The summed E-state index contributed by atoms with van der Waals surface area (Å²) in [7, 11) is -3.54. The highest BCUT2D eigenvalue weighted by Crippen LogP contribution is 2.24. The smallest absolute Gasteiger partial charge is 0.256 e. The monoisotopic (exact) mass is 478 g/mol. The van der Waals surface area contributed by atoms with Crippen molar-refractivity contribution in [3.63, 3.8) is 0 Å². The van der Waals surface area contributed by atoms with Crippen molar-refractivity contribution < 1.29 is 17.6 Å². The largest absolute Gasteiger partial charge is 0.348 e. The normalized spacial score (nSPS) is 11.7. The van der Waals surface area contributed by atoms with Crippen molar-refractivity contribution in [2.75, 3.05) is 13.1 Å². The molecule has 32 heavy (non-hydrogen) atoms. The van der Waals surface area contributed by atoms with Crippen LogP contribution in [0.1, 0.15) is 35.5 Å². The number of carbonyl (C=O) groups is 1. The summed E-state index contributed by atoms with van der Waals surface area (Å²) >= 11 is 6.38. The van der Waals surface area contributed by atoms with Crippen LogP contribution in [0.2, 0.25) is 5.15 Å². The molecule has 1 heterocycles. The summed E-state index contributed by atoms with van der Waals surface area (Å²) in [5, 5.41) is 7.18. The fourth-order valence-electron chi connectivity index (χ4n) is 3.27. The van der Waals surface area contributed by atoms with Gasteiger partial charge in [-0.1, -0.05) is 37.6 Å². The Kier molecular flexibility index (Phi) is 7.33. The van der Waals surface area contributed by atoms with Crippen molar-refractivity contribution >= 4 is 27.5 Å². The molecule has 10 heteroatoms. The van der Waals surface area contributed by atoms with Crippen molar-refractivity contribution in [1.29, 1.82) is 0 Å². The van der Waals surface area contributed by atoms with E-state index in [-0.39, 0.29) is 28.0 Å². The van der Waals surface area contributed by atoms with E-state index >= 15 is 0 Å². The minimum absolute atomic E-state index is 0.118. The van der Waals surface area contributed by atoms with E-state index in [0.717, 1.165) is 5.56 Å². The van der Waals surface area contributed by atoms with Gasteiger partial charge in [-0.25, -0.2) is 17.5 Å². The zero-order valence-electron chi connectivity index (χ0n) is 18.0. The maximum Gasteiger partial charge on any atom is 0.256 e. The SMILES string of the molecule is CCN(CC)S(=O)(=O)c1ccc(CNC(=O)c2c(C)nn(-c3ccc(F)cc3)c2Cl)cc1. The molecule has 0 saturated heterocycles. The van der Waals surface area contributed by atoms with Crippen LogP contribution in [0.4, 0.5) is 4.39 Å². The molecule has 1 aromatic heterocycles. The lowest BCUT2D eigenvalue weighted by Crippen LogP contribution is -2.30. The molecule has 3 aromatic rings. The van der Waals surface area contributed by atoms with Gasteiger partial charge in [0.2, 0.25) is 10.0 Å². The van der Waals surface area contributed by atoms with Crippen LogP contribution < -0.4 is 5.32 Å². The van der Waals surface area contributed by atoms with Crippen LogP contribution in [0.3, 0.4) is 0 Å². The van der Waals surface area contributed by atoms with E-state index in [0.29, 0.717) is 24.5 Å². The summed E-state index contributed by atoms with van der Waals surface area (Å²) in [6.45, 7) is 6.20. The van der Waals surface area contributed by atoms with Crippen molar-refractivity contribution in [3.05, 3.63) is 76.3 Å². The molecular formula is C22H24ClFN4O3S. The summed E-state index contributed by atoms with van der Waals surface area (Å²) in [4.78, 5) is 12.9. The number of hydrogen-bond acceptors (Lipinski definition) is 4. The van der Waals surface area contributed by atoms with E-state index in [1.807, 2.05) is 0 Å². The number of aryl methyl sites for hydroxylation is 1. The van der Waals surface area contributed by atoms with Gasteiger partial charge in [-0.15, -0.1) is 0 Å². The van der Waals surface area contributed by atoms with Crippen LogP contribution in [0.25, 0.3) is 5.69 Å². The van der Waals surface area contributed by atoms with E-state index in [4.69, 9.17) is 11.6 Å². The number of aromatic nitrogens is 2. The Morgan fingerprint density at radius 1 is 1.09 bits per heavy atom. The van der Waals surface area contributed by atoms with Gasteiger partial charge in [0, 0.05) is 19.6 Å². The van der Waals surface area contributed by atoms with Gasteiger partial charge >= 0.3 is 0 Å². The Morgan fingerprint density at radius 2 is 1.69 bits per heavy atom. The fraction of sp³-hybridized carbons (Fsp3) is 0.273. The molecule has 3 rings (SSSR count). The number of benzene rings is 2. The van der Waals surface area contributed by atoms with Crippen LogP contribution in [0.15, 0.2) is 53.4 Å². The average molecular weight is 479 g/mol. The average Bonchev–Trinajstić information content (AvgIpc) is 3.07. The van der Waals surface area contributed by atoms with E-state index in [2.05, 4.69) is 10.4 Å². The molecule has 0 fully saturated rings. The summed E-state index contributed by atoms with van der Waals surface area (Å²) < 4.78 is 41.1. The third-order valence-electron chi connectivity index (χ3n) is 5.02. The first-order valence-electron chi connectivity index (χ1n) is 10.1. The Hall–Kier alpha value is -2.75. The number of nitrogens with zero attached hydrogens (tertiary/aromatic N) is 3. The topological polar surface area (TPSA) is 84.3 Å². The van der Waals surface area contributed by atoms with Crippen LogP contribution in [0.5, 0.6) is 0 Å². The molecular weight excluding hydrogens is 455 g/mol. The molecule has 0 aliphatic heterocycles. The van der Waals surface area contributed by atoms with Crippen LogP contribution in [0, 0.1) is 12.7 Å². The van der Waals surface area contributed by atoms with Gasteiger partial charge in [0.15, 0.2) is 0 Å². The molecule has 170 valence electrons. The molecule has 0 radical (unpaired) electrons. The number of amides is 1. The number of carbonyl (C=O) groups excluding carboxylic acids is 1. The number of sulfonamides is 1. The fourth-order valence-corrected chi connectivity index (χ4v) is 5.09. The second-order valence-corrected chi connectivity index (χ2v) is 9.35. The maximum absolute atomic E-state index is 13.2. The summed E-state index contributed by atoms with van der Waals surface area (Å²) in [5.74, 6) is -0.802. The van der Waals surface area contributed by atoms with Crippen molar-refractivity contribution in [1.82, 2.24) is 19.4 Å². The molecule has 0 aliphatic carbocycles. The summed E-state index contributed by atoms with van der Waals surface area (Å²) in [6, 6.07) is 12.0. The number of rotatable bonds is 8.